The van der Waals surface area contributed by atoms with Crippen LogP contribution in [0, 0.1) is 0 Å². The Kier molecular flexibility index (Phi) is 7.17. The summed E-state index contributed by atoms with van der Waals surface area (Å²) in [5.74, 6) is -0.0127. The van der Waals surface area contributed by atoms with E-state index in [-0.39, 0.29) is 24.4 Å². The molecule has 1 atom stereocenters. The summed E-state index contributed by atoms with van der Waals surface area (Å²) in [4.78, 5) is 27.7. The first kappa shape index (κ1) is 20.0. The molecular weight excluding hydrogens is 354 g/mol. The van der Waals surface area contributed by atoms with Gasteiger partial charge in [-0.05, 0) is 11.1 Å². The summed E-state index contributed by atoms with van der Waals surface area (Å²) in [6.07, 6.45) is 0. The molecule has 1 aliphatic heterocycles. The van der Waals surface area contributed by atoms with E-state index in [2.05, 4.69) is 5.32 Å². The summed E-state index contributed by atoms with van der Waals surface area (Å²) >= 11 is 0. The molecular formula is C22H28N3O3+. The summed E-state index contributed by atoms with van der Waals surface area (Å²) in [5, 5.41) is 3.13. The molecule has 0 spiro atoms. The van der Waals surface area contributed by atoms with Gasteiger partial charge in [0.15, 0.2) is 13.1 Å². The third kappa shape index (κ3) is 5.65. The predicted octanol–water partition coefficient (Wildman–Crippen LogP) is 0.266. The second-order valence-corrected chi connectivity index (χ2v) is 7.13. The maximum Gasteiger partial charge on any atom is 0.277 e. The van der Waals surface area contributed by atoms with Gasteiger partial charge >= 0.3 is 0 Å². The van der Waals surface area contributed by atoms with E-state index >= 15 is 0 Å². The fraction of sp³-hybridized carbons (Fsp3) is 0.364. The Labute approximate surface area is 166 Å². The summed E-state index contributed by atoms with van der Waals surface area (Å²) in [5.41, 5.74) is 2.06. The van der Waals surface area contributed by atoms with Crippen LogP contribution in [0.5, 0.6) is 0 Å². The highest BCUT2D eigenvalue weighted by Gasteiger charge is 2.23. The monoisotopic (exact) mass is 382 g/mol. The number of nitrogens with one attached hydrogen (secondary N) is 2. The predicted molar refractivity (Wildman–Crippen MR) is 107 cm³/mol. The van der Waals surface area contributed by atoms with Crippen LogP contribution in [-0.4, -0.2) is 63.2 Å². The van der Waals surface area contributed by atoms with Crippen LogP contribution in [0.2, 0.25) is 0 Å². The Balaban J connectivity index is 1.59. The van der Waals surface area contributed by atoms with E-state index in [1.807, 2.05) is 72.6 Å². The van der Waals surface area contributed by atoms with Crippen molar-refractivity contribution in [1.82, 2.24) is 10.2 Å². The molecule has 1 aliphatic rings. The fourth-order valence-corrected chi connectivity index (χ4v) is 3.38. The SMILES string of the molecule is C[NH+](CC(=O)NC(c1ccccc1)c1ccccc1)CC(=O)N1CCOCC1. The Morgan fingerprint density at radius 3 is 2.04 bits per heavy atom. The highest BCUT2D eigenvalue weighted by Crippen LogP contribution is 2.21. The van der Waals surface area contributed by atoms with Gasteiger partial charge < -0.3 is 19.9 Å². The molecule has 2 N–H and O–H groups in total. The summed E-state index contributed by atoms with van der Waals surface area (Å²) < 4.78 is 5.28. The zero-order valence-corrected chi connectivity index (χ0v) is 16.3. The minimum atomic E-state index is -0.211. The van der Waals surface area contributed by atoms with Crippen LogP contribution < -0.4 is 10.2 Å². The topological polar surface area (TPSA) is 63.1 Å². The normalized spacial score (nSPS) is 15.3. The van der Waals surface area contributed by atoms with Gasteiger partial charge in [0.25, 0.3) is 11.8 Å². The van der Waals surface area contributed by atoms with Crippen molar-refractivity contribution in [1.29, 1.82) is 0 Å². The molecule has 0 bridgehead atoms. The van der Waals surface area contributed by atoms with Crippen molar-refractivity contribution < 1.29 is 19.2 Å². The maximum absolute atomic E-state index is 12.7. The first-order valence-electron chi connectivity index (χ1n) is 9.69. The number of amides is 2. The van der Waals surface area contributed by atoms with E-state index in [1.165, 1.54) is 0 Å². The zero-order valence-electron chi connectivity index (χ0n) is 16.3. The van der Waals surface area contributed by atoms with Gasteiger partial charge in [-0.3, -0.25) is 9.59 Å². The number of hydrogen-bond acceptors (Lipinski definition) is 3. The molecule has 6 nitrogen and oxygen atoms in total. The molecule has 1 heterocycles. The number of benzene rings is 2. The highest BCUT2D eigenvalue weighted by molar-refractivity contribution is 5.79. The van der Waals surface area contributed by atoms with Crippen molar-refractivity contribution in [3.8, 4) is 0 Å². The van der Waals surface area contributed by atoms with E-state index in [4.69, 9.17) is 4.74 Å². The van der Waals surface area contributed by atoms with E-state index < -0.39 is 0 Å². The minimum Gasteiger partial charge on any atom is -0.378 e. The number of carbonyl (C=O) groups is 2. The average Bonchev–Trinajstić information content (AvgIpc) is 2.74. The standard InChI is InChI=1S/C22H27N3O3/c1-24(17-21(27)25-12-14-28-15-13-25)16-20(26)23-22(18-8-4-2-5-9-18)19-10-6-3-7-11-19/h2-11,22H,12-17H2,1H3,(H,23,26)/p+1. The van der Waals surface area contributed by atoms with Crippen LogP contribution >= 0.6 is 0 Å². The Morgan fingerprint density at radius 2 is 1.50 bits per heavy atom. The van der Waals surface area contributed by atoms with Crippen molar-refractivity contribution in [3.63, 3.8) is 0 Å². The van der Waals surface area contributed by atoms with Crippen LogP contribution in [0.25, 0.3) is 0 Å². The van der Waals surface area contributed by atoms with Gasteiger partial charge in [0.05, 0.1) is 26.3 Å². The molecule has 148 valence electrons. The quantitative estimate of drug-likeness (QED) is 0.723. The first-order chi connectivity index (χ1) is 13.6. The Hall–Kier alpha value is -2.70. The molecule has 6 heteroatoms. The second-order valence-electron chi connectivity index (χ2n) is 7.13. The maximum atomic E-state index is 12.7. The van der Waals surface area contributed by atoms with Gasteiger partial charge in [-0.2, -0.15) is 0 Å². The summed E-state index contributed by atoms with van der Waals surface area (Å²) in [6.45, 7) is 2.97. The van der Waals surface area contributed by atoms with Gasteiger partial charge in [0.1, 0.15) is 0 Å². The second kappa shape index (κ2) is 10.0. The van der Waals surface area contributed by atoms with Crippen molar-refractivity contribution in [2.24, 2.45) is 0 Å². The number of hydrogen-bond donors (Lipinski definition) is 2. The Morgan fingerprint density at radius 1 is 0.964 bits per heavy atom. The van der Waals surface area contributed by atoms with E-state index in [1.54, 1.807) is 0 Å². The molecule has 1 unspecified atom stereocenters. The van der Waals surface area contributed by atoms with E-state index in [0.717, 1.165) is 16.0 Å². The third-order valence-electron chi connectivity index (χ3n) is 4.85. The number of ether oxygens (including phenoxy) is 1. The van der Waals surface area contributed by atoms with Gasteiger partial charge in [0.2, 0.25) is 0 Å². The first-order valence-corrected chi connectivity index (χ1v) is 9.69. The van der Waals surface area contributed by atoms with E-state index in [9.17, 15) is 9.59 Å². The number of quaternary nitrogens is 1. The number of nitrogens with zero attached hydrogens (tertiary/aromatic N) is 1. The van der Waals surface area contributed by atoms with Crippen LogP contribution in [0.15, 0.2) is 60.7 Å². The molecule has 0 aromatic heterocycles. The molecule has 0 aliphatic carbocycles. The number of morpholine rings is 1. The third-order valence-corrected chi connectivity index (χ3v) is 4.85. The fourth-order valence-electron chi connectivity index (χ4n) is 3.38. The number of rotatable bonds is 7. The Bertz CT molecular complexity index is 722. The average molecular weight is 382 g/mol. The molecule has 2 amide bonds. The molecule has 3 rings (SSSR count). The van der Waals surface area contributed by atoms with Crippen LogP contribution in [0.4, 0.5) is 0 Å². The largest absolute Gasteiger partial charge is 0.378 e. The highest BCUT2D eigenvalue weighted by atomic mass is 16.5. The molecule has 2 aromatic rings. The zero-order chi connectivity index (χ0) is 19.8. The smallest absolute Gasteiger partial charge is 0.277 e. The van der Waals surface area contributed by atoms with Gasteiger partial charge in [0, 0.05) is 13.1 Å². The lowest BCUT2D eigenvalue weighted by Gasteiger charge is -2.27. The van der Waals surface area contributed by atoms with Gasteiger partial charge in [-0.15, -0.1) is 0 Å². The molecule has 0 radical (unpaired) electrons. The van der Waals surface area contributed by atoms with Crippen LogP contribution in [0.1, 0.15) is 17.2 Å². The van der Waals surface area contributed by atoms with Gasteiger partial charge in [-0.1, -0.05) is 60.7 Å². The molecule has 1 saturated heterocycles. The molecule has 0 saturated carbocycles. The van der Waals surface area contributed by atoms with Crippen LogP contribution in [0.3, 0.4) is 0 Å². The van der Waals surface area contributed by atoms with Crippen LogP contribution in [-0.2, 0) is 14.3 Å². The lowest BCUT2D eigenvalue weighted by atomic mass is 9.99. The summed E-state index contributed by atoms with van der Waals surface area (Å²) in [7, 11) is 1.87. The van der Waals surface area contributed by atoms with Crippen molar-refractivity contribution in [2.45, 2.75) is 6.04 Å². The lowest BCUT2D eigenvalue weighted by Crippen LogP contribution is -3.11. The van der Waals surface area contributed by atoms with Crippen molar-refractivity contribution in [3.05, 3.63) is 71.8 Å². The van der Waals surface area contributed by atoms with Crippen molar-refractivity contribution >= 4 is 11.8 Å². The van der Waals surface area contributed by atoms with E-state index in [0.29, 0.717) is 32.8 Å². The molecule has 2 aromatic carbocycles. The summed E-state index contributed by atoms with van der Waals surface area (Å²) in [6, 6.07) is 19.6. The van der Waals surface area contributed by atoms with Crippen molar-refractivity contribution in [2.75, 3.05) is 46.4 Å². The minimum absolute atomic E-state index is 0.0660. The van der Waals surface area contributed by atoms with Gasteiger partial charge in [-0.25, -0.2) is 0 Å². The number of carbonyl (C=O) groups excluding carboxylic acids is 2. The molecule has 1 fully saturated rings. The molecule has 28 heavy (non-hydrogen) atoms. The number of likely N-dealkylation sites (N-methyl/N-ethyl adjacent to an activating group) is 1. The lowest BCUT2D eigenvalue weighted by molar-refractivity contribution is -0.863.